The predicted molar refractivity (Wildman–Crippen MR) is 127 cm³/mol. The molecular formula is C28H27NO5. The largest absolute Gasteiger partial charge is 0.508 e. The number of ether oxygens (including phenoxy) is 1. The van der Waals surface area contributed by atoms with Crippen LogP contribution in [0.15, 0.2) is 72.8 Å². The molecule has 0 saturated heterocycles. The van der Waals surface area contributed by atoms with Gasteiger partial charge in [0.1, 0.15) is 17.9 Å². The van der Waals surface area contributed by atoms with E-state index in [1.165, 1.54) is 0 Å². The number of rotatable bonds is 5. The zero-order valence-corrected chi connectivity index (χ0v) is 18.7. The minimum atomic E-state index is -1.67. The van der Waals surface area contributed by atoms with Crippen LogP contribution in [0.1, 0.15) is 47.8 Å². The molecule has 1 saturated carbocycles. The monoisotopic (exact) mass is 457 g/mol. The second-order valence-corrected chi connectivity index (χ2v) is 9.32. The van der Waals surface area contributed by atoms with E-state index < -0.39 is 23.4 Å². The van der Waals surface area contributed by atoms with Crippen molar-refractivity contribution in [1.29, 1.82) is 0 Å². The minimum Gasteiger partial charge on any atom is -0.508 e. The van der Waals surface area contributed by atoms with Crippen LogP contribution in [-0.2, 0) is 14.3 Å². The van der Waals surface area contributed by atoms with Gasteiger partial charge in [-0.1, -0.05) is 60.7 Å². The maximum absolute atomic E-state index is 13.3. The normalized spacial score (nSPS) is 23.7. The minimum absolute atomic E-state index is 0.0397. The molecule has 0 radical (unpaired) electrons. The Balaban J connectivity index is 1.38. The van der Waals surface area contributed by atoms with Gasteiger partial charge in [-0.15, -0.1) is 0 Å². The third-order valence-corrected chi connectivity index (χ3v) is 7.45. The van der Waals surface area contributed by atoms with Crippen molar-refractivity contribution in [3.63, 3.8) is 0 Å². The Kier molecular flexibility index (Phi) is 5.62. The molecule has 174 valence electrons. The number of phenolic OH excluding ortho intramolecular Hbond substituents is 1. The van der Waals surface area contributed by atoms with Gasteiger partial charge in [-0.05, 0) is 65.1 Å². The summed E-state index contributed by atoms with van der Waals surface area (Å²) in [6.45, 7) is 0.128. The van der Waals surface area contributed by atoms with Gasteiger partial charge in [0.15, 0.2) is 0 Å². The summed E-state index contributed by atoms with van der Waals surface area (Å²) in [5.41, 5.74) is 10.0. The van der Waals surface area contributed by atoms with E-state index in [9.17, 15) is 19.8 Å². The molecule has 6 nitrogen and oxygen atoms in total. The number of carbonyl (C=O) groups is 2. The second-order valence-electron chi connectivity index (χ2n) is 9.32. The molecule has 3 aromatic rings. The third-order valence-electron chi connectivity index (χ3n) is 7.45. The molecule has 4 N–H and O–H groups in total. The first-order valence-electron chi connectivity index (χ1n) is 11.5. The van der Waals surface area contributed by atoms with Crippen molar-refractivity contribution in [2.45, 2.75) is 36.6 Å². The van der Waals surface area contributed by atoms with E-state index in [1.54, 1.807) is 24.3 Å². The fourth-order valence-electron chi connectivity index (χ4n) is 5.52. The van der Waals surface area contributed by atoms with Crippen LogP contribution in [0.3, 0.4) is 0 Å². The lowest BCUT2D eigenvalue weighted by Gasteiger charge is -2.40. The topological polar surface area (TPSA) is 110 Å². The van der Waals surface area contributed by atoms with Crippen molar-refractivity contribution in [3.8, 4) is 16.9 Å². The number of hydrogen-bond acceptors (Lipinski definition) is 5. The molecule has 3 atom stereocenters. The number of hydrogen-bond donors (Lipinski definition) is 3. The number of carboxylic acids is 1. The zero-order chi connectivity index (χ0) is 23.9. The summed E-state index contributed by atoms with van der Waals surface area (Å²) in [7, 11) is 0. The van der Waals surface area contributed by atoms with Gasteiger partial charge >= 0.3 is 11.9 Å². The lowest BCUT2D eigenvalue weighted by atomic mass is 9.67. The summed E-state index contributed by atoms with van der Waals surface area (Å²) in [5.74, 6) is -2.71. The van der Waals surface area contributed by atoms with Crippen LogP contribution in [0.5, 0.6) is 5.75 Å². The molecule has 2 aliphatic carbocycles. The number of carbonyl (C=O) groups excluding carboxylic acids is 1. The lowest BCUT2D eigenvalue weighted by Crippen LogP contribution is -2.59. The smallest absolute Gasteiger partial charge is 0.324 e. The van der Waals surface area contributed by atoms with E-state index in [2.05, 4.69) is 12.1 Å². The Morgan fingerprint density at radius 3 is 2.12 bits per heavy atom. The van der Waals surface area contributed by atoms with Gasteiger partial charge in [0.05, 0.1) is 5.92 Å². The fourth-order valence-corrected chi connectivity index (χ4v) is 5.52. The first-order valence-corrected chi connectivity index (χ1v) is 11.5. The van der Waals surface area contributed by atoms with Gasteiger partial charge in [0.2, 0.25) is 0 Å². The first kappa shape index (κ1) is 22.2. The highest BCUT2D eigenvalue weighted by Gasteiger charge is 2.51. The number of phenols is 1. The number of esters is 1. The highest BCUT2D eigenvalue weighted by Crippen LogP contribution is 2.45. The molecule has 0 bridgehead atoms. The Hall–Kier alpha value is -3.64. The van der Waals surface area contributed by atoms with Crippen LogP contribution in [0.25, 0.3) is 11.1 Å². The van der Waals surface area contributed by atoms with Crippen LogP contribution in [-0.4, -0.2) is 34.3 Å². The Morgan fingerprint density at radius 1 is 0.941 bits per heavy atom. The van der Waals surface area contributed by atoms with E-state index in [1.807, 2.05) is 36.4 Å². The van der Waals surface area contributed by atoms with Crippen molar-refractivity contribution in [3.05, 3.63) is 89.5 Å². The Bertz CT molecular complexity index is 1190. The average Bonchev–Trinajstić information content (AvgIpc) is 3.17. The number of carboxylic acid groups (broad SMARTS) is 1. The van der Waals surface area contributed by atoms with Crippen molar-refractivity contribution in [2.24, 2.45) is 11.7 Å². The van der Waals surface area contributed by atoms with Gasteiger partial charge < -0.3 is 20.7 Å². The van der Waals surface area contributed by atoms with Crippen LogP contribution < -0.4 is 5.73 Å². The van der Waals surface area contributed by atoms with Crippen LogP contribution in [0.4, 0.5) is 0 Å². The molecule has 6 heteroatoms. The number of aliphatic carboxylic acids is 1. The summed E-state index contributed by atoms with van der Waals surface area (Å²) < 4.78 is 5.81. The molecule has 0 amide bonds. The van der Waals surface area contributed by atoms with E-state index in [4.69, 9.17) is 10.5 Å². The fraction of sp³-hybridized carbons (Fsp3) is 0.286. The van der Waals surface area contributed by atoms with Gasteiger partial charge in [0, 0.05) is 5.92 Å². The van der Waals surface area contributed by atoms with E-state index >= 15 is 0 Å². The number of aromatic hydroxyl groups is 1. The lowest BCUT2D eigenvalue weighted by molar-refractivity contribution is -0.162. The van der Waals surface area contributed by atoms with Crippen molar-refractivity contribution in [2.75, 3.05) is 6.61 Å². The molecule has 0 spiro atoms. The van der Waals surface area contributed by atoms with Gasteiger partial charge in [-0.25, -0.2) is 0 Å². The molecule has 0 aliphatic heterocycles. The van der Waals surface area contributed by atoms with Crippen molar-refractivity contribution in [1.82, 2.24) is 0 Å². The highest BCUT2D eigenvalue weighted by atomic mass is 16.5. The van der Waals surface area contributed by atoms with E-state index in [0.29, 0.717) is 6.42 Å². The molecule has 34 heavy (non-hydrogen) atoms. The maximum atomic E-state index is 13.3. The van der Waals surface area contributed by atoms with E-state index in [0.717, 1.165) is 27.8 Å². The molecule has 3 aromatic carbocycles. The van der Waals surface area contributed by atoms with Gasteiger partial charge in [0.25, 0.3) is 0 Å². The van der Waals surface area contributed by atoms with Crippen LogP contribution in [0.2, 0.25) is 0 Å². The Labute approximate surface area is 198 Å². The predicted octanol–water partition coefficient (Wildman–Crippen LogP) is 4.41. The summed E-state index contributed by atoms with van der Waals surface area (Å²) in [5, 5.41) is 19.5. The summed E-state index contributed by atoms with van der Waals surface area (Å²) in [4.78, 5) is 25.4. The van der Waals surface area contributed by atoms with Gasteiger partial charge in [-0.3, -0.25) is 9.59 Å². The third kappa shape index (κ3) is 3.74. The van der Waals surface area contributed by atoms with Gasteiger partial charge in [-0.2, -0.15) is 0 Å². The highest BCUT2D eigenvalue weighted by molar-refractivity contribution is 5.88. The van der Waals surface area contributed by atoms with Crippen LogP contribution >= 0.6 is 0 Å². The first-order chi connectivity index (χ1) is 16.4. The average molecular weight is 458 g/mol. The van der Waals surface area contributed by atoms with Crippen molar-refractivity contribution >= 4 is 11.9 Å². The SMILES string of the molecule is NC1(C(=O)O)CCC(c2ccc(O)cc2)CC1C(=O)OCC1c2ccccc2-c2ccccc21. The van der Waals surface area contributed by atoms with Crippen molar-refractivity contribution < 1.29 is 24.5 Å². The maximum Gasteiger partial charge on any atom is 0.324 e. The molecule has 2 aliphatic rings. The molecule has 3 unspecified atom stereocenters. The number of benzene rings is 3. The molecule has 0 aromatic heterocycles. The standard InChI is InChI=1S/C28H27NO5/c29-28(27(32)33)14-13-18(17-9-11-19(30)12-10-17)15-25(28)26(31)34-16-24-22-7-3-1-5-20(22)21-6-2-4-8-23(21)24/h1-12,18,24-25,30H,13-16,29H2,(H,32,33). The molecule has 5 rings (SSSR count). The number of nitrogens with two attached hydrogens (primary N) is 1. The zero-order valence-electron chi connectivity index (χ0n) is 18.7. The Morgan fingerprint density at radius 2 is 1.53 bits per heavy atom. The molecular weight excluding hydrogens is 430 g/mol. The summed E-state index contributed by atoms with van der Waals surface area (Å²) in [6.07, 6.45) is 0.994. The number of fused-ring (bicyclic) bond motifs is 3. The summed E-state index contributed by atoms with van der Waals surface area (Å²) >= 11 is 0. The molecule has 1 fully saturated rings. The summed E-state index contributed by atoms with van der Waals surface area (Å²) in [6, 6.07) is 22.9. The second kappa shape index (κ2) is 8.61. The van der Waals surface area contributed by atoms with Crippen LogP contribution in [0, 0.1) is 5.92 Å². The quantitative estimate of drug-likeness (QED) is 0.490. The van der Waals surface area contributed by atoms with E-state index in [-0.39, 0.29) is 37.0 Å². The molecule has 0 heterocycles.